The molecule has 2 aromatic rings. The predicted molar refractivity (Wildman–Crippen MR) is 89.8 cm³/mol. The van der Waals surface area contributed by atoms with Crippen LogP contribution in [0, 0.1) is 0 Å². The van der Waals surface area contributed by atoms with E-state index in [9.17, 15) is 9.59 Å². The van der Waals surface area contributed by atoms with Crippen molar-refractivity contribution in [2.75, 3.05) is 6.54 Å². The van der Waals surface area contributed by atoms with Crippen LogP contribution in [-0.4, -0.2) is 23.3 Å². The maximum Gasteiger partial charge on any atom is 0.256 e. The molecule has 116 valence electrons. The fraction of sp³-hybridized carbons (Fsp3) is 0.200. The standard InChI is InChI=1S/C20H19NO2/c1-15-14-19(22)21(20(15)23)13-12-18(16-8-4-2-5-9-16)17-10-6-3-7-11-17/h2-11,14,18H,12-13H2,1H3. The smallest absolute Gasteiger partial charge is 0.256 e. The van der Waals surface area contributed by atoms with Crippen LogP contribution in [0.3, 0.4) is 0 Å². The minimum atomic E-state index is -0.202. The Morgan fingerprint density at radius 1 is 0.870 bits per heavy atom. The largest absolute Gasteiger partial charge is 0.275 e. The number of carbonyl (C=O) groups is 2. The van der Waals surface area contributed by atoms with Gasteiger partial charge >= 0.3 is 0 Å². The average Bonchev–Trinajstić information content (AvgIpc) is 2.83. The van der Waals surface area contributed by atoms with Gasteiger partial charge in [-0.15, -0.1) is 0 Å². The van der Waals surface area contributed by atoms with Crippen LogP contribution in [-0.2, 0) is 9.59 Å². The Balaban J connectivity index is 1.81. The molecule has 0 radical (unpaired) electrons. The number of hydrogen-bond acceptors (Lipinski definition) is 2. The molecule has 1 aliphatic rings. The van der Waals surface area contributed by atoms with Crippen LogP contribution in [0.1, 0.15) is 30.4 Å². The lowest BCUT2D eigenvalue weighted by Gasteiger charge is -2.21. The molecule has 0 N–H and O–H groups in total. The molecule has 0 unspecified atom stereocenters. The molecule has 0 spiro atoms. The van der Waals surface area contributed by atoms with Crippen LogP contribution in [0.15, 0.2) is 72.3 Å². The first-order chi connectivity index (χ1) is 11.2. The lowest BCUT2D eigenvalue weighted by Crippen LogP contribution is -2.32. The molecule has 3 nitrogen and oxygen atoms in total. The van der Waals surface area contributed by atoms with E-state index in [-0.39, 0.29) is 17.7 Å². The Kier molecular flexibility index (Phi) is 4.38. The Morgan fingerprint density at radius 3 is 1.83 bits per heavy atom. The zero-order valence-electron chi connectivity index (χ0n) is 13.1. The molecule has 0 atom stereocenters. The van der Waals surface area contributed by atoms with Crippen molar-refractivity contribution in [2.24, 2.45) is 0 Å². The molecule has 1 heterocycles. The molecule has 0 saturated heterocycles. The van der Waals surface area contributed by atoms with Crippen LogP contribution >= 0.6 is 0 Å². The van der Waals surface area contributed by atoms with Gasteiger partial charge in [-0.25, -0.2) is 0 Å². The highest BCUT2D eigenvalue weighted by Gasteiger charge is 2.28. The SMILES string of the molecule is CC1=CC(=O)N(CCC(c2ccccc2)c2ccccc2)C1=O. The van der Waals surface area contributed by atoms with Crippen LogP contribution < -0.4 is 0 Å². The maximum absolute atomic E-state index is 12.0. The van der Waals surface area contributed by atoms with E-state index in [1.165, 1.54) is 22.1 Å². The van der Waals surface area contributed by atoms with Gasteiger partial charge in [0.1, 0.15) is 0 Å². The summed E-state index contributed by atoms with van der Waals surface area (Å²) in [6, 6.07) is 20.4. The molecule has 0 aromatic heterocycles. The number of nitrogens with zero attached hydrogens (tertiary/aromatic N) is 1. The van der Waals surface area contributed by atoms with Crippen molar-refractivity contribution in [1.29, 1.82) is 0 Å². The van der Waals surface area contributed by atoms with Crippen molar-refractivity contribution < 1.29 is 9.59 Å². The van der Waals surface area contributed by atoms with E-state index in [1.807, 2.05) is 36.4 Å². The number of benzene rings is 2. The average molecular weight is 305 g/mol. The van der Waals surface area contributed by atoms with E-state index in [0.29, 0.717) is 18.5 Å². The van der Waals surface area contributed by atoms with Gasteiger partial charge in [-0.2, -0.15) is 0 Å². The Bertz CT molecular complexity index is 695. The number of hydrogen-bond donors (Lipinski definition) is 0. The van der Waals surface area contributed by atoms with Gasteiger partial charge in [-0.05, 0) is 24.5 Å². The molecule has 0 fully saturated rings. The van der Waals surface area contributed by atoms with Gasteiger partial charge in [-0.1, -0.05) is 60.7 Å². The topological polar surface area (TPSA) is 37.4 Å². The van der Waals surface area contributed by atoms with Gasteiger partial charge in [0.25, 0.3) is 11.8 Å². The molecule has 2 amide bonds. The molecule has 1 aliphatic heterocycles. The van der Waals surface area contributed by atoms with Crippen molar-refractivity contribution in [1.82, 2.24) is 4.90 Å². The lowest BCUT2D eigenvalue weighted by molar-refractivity contribution is -0.137. The highest BCUT2D eigenvalue weighted by molar-refractivity contribution is 6.15. The Labute approximate surface area is 136 Å². The number of rotatable bonds is 5. The fourth-order valence-electron chi connectivity index (χ4n) is 3.00. The lowest BCUT2D eigenvalue weighted by atomic mass is 9.88. The second kappa shape index (κ2) is 6.61. The Hall–Kier alpha value is -2.68. The van der Waals surface area contributed by atoms with Gasteiger partial charge in [0.2, 0.25) is 0 Å². The highest BCUT2D eigenvalue weighted by atomic mass is 16.2. The second-order valence-electron chi connectivity index (χ2n) is 5.79. The van der Waals surface area contributed by atoms with Crippen molar-refractivity contribution in [2.45, 2.75) is 19.3 Å². The molecule has 3 rings (SSSR count). The normalized spacial score (nSPS) is 14.5. The molecule has 0 saturated carbocycles. The first kappa shape index (κ1) is 15.2. The molecule has 0 bridgehead atoms. The molecule has 23 heavy (non-hydrogen) atoms. The summed E-state index contributed by atoms with van der Waals surface area (Å²) in [5.74, 6) is -0.207. The number of imide groups is 1. The van der Waals surface area contributed by atoms with Crippen molar-refractivity contribution in [3.05, 3.63) is 83.4 Å². The summed E-state index contributed by atoms with van der Waals surface area (Å²) in [6.45, 7) is 2.12. The minimum absolute atomic E-state index is 0.166. The van der Waals surface area contributed by atoms with E-state index in [0.717, 1.165) is 0 Å². The van der Waals surface area contributed by atoms with E-state index in [4.69, 9.17) is 0 Å². The fourth-order valence-corrected chi connectivity index (χ4v) is 3.00. The van der Waals surface area contributed by atoms with Crippen molar-refractivity contribution >= 4 is 11.8 Å². The van der Waals surface area contributed by atoms with Gasteiger partial charge < -0.3 is 0 Å². The first-order valence-corrected chi connectivity index (χ1v) is 7.81. The molecule has 2 aromatic carbocycles. The summed E-state index contributed by atoms with van der Waals surface area (Å²) in [6.07, 6.45) is 2.13. The summed E-state index contributed by atoms with van der Waals surface area (Å²) >= 11 is 0. The molecular weight excluding hydrogens is 286 g/mol. The summed E-state index contributed by atoms with van der Waals surface area (Å²) < 4.78 is 0. The number of amides is 2. The highest BCUT2D eigenvalue weighted by Crippen LogP contribution is 2.28. The van der Waals surface area contributed by atoms with Gasteiger partial charge in [0, 0.05) is 24.1 Å². The van der Waals surface area contributed by atoms with Crippen LogP contribution in [0.25, 0.3) is 0 Å². The third kappa shape index (κ3) is 3.24. The monoisotopic (exact) mass is 305 g/mol. The minimum Gasteiger partial charge on any atom is -0.275 e. The zero-order valence-corrected chi connectivity index (χ0v) is 13.1. The number of carbonyl (C=O) groups excluding carboxylic acids is 2. The Morgan fingerprint density at radius 2 is 1.39 bits per heavy atom. The van der Waals surface area contributed by atoms with E-state index >= 15 is 0 Å². The first-order valence-electron chi connectivity index (χ1n) is 7.81. The van der Waals surface area contributed by atoms with Crippen LogP contribution in [0.5, 0.6) is 0 Å². The third-order valence-electron chi connectivity index (χ3n) is 4.23. The second-order valence-corrected chi connectivity index (χ2v) is 5.79. The van der Waals surface area contributed by atoms with E-state index in [1.54, 1.807) is 6.92 Å². The summed E-state index contributed by atoms with van der Waals surface area (Å²) in [5, 5.41) is 0. The maximum atomic E-state index is 12.0. The van der Waals surface area contributed by atoms with Gasteiger partial charge in [0.05, 0.1) is 0 Å². The summed E-state index contributed by atoms with van der Waals surface area (Å²) in [5.41, 5.74) is 2.91. The summed E-state index contributed by atoms with van der Waals surface area (Å²) in [4.78, 5) is 25.3. The van der Waals surface area contributed by atoms with Crippen molar-refractivity contribution in [3.63, 3.8) is 0 Å². The van der Waals surface area contributed by atoms with Crippen LogP contribution in [0.2, 0.25) is 0 Å². The van der Waals surface area contributed by atoms with Gasteiger partial charge in [-0.3, -0.25) is 14.5 Å². The van der Waals surface area contributed by atoms with E-state index < -0.39 is 0 Å². The molecule has 3 heteroatoms. The van der Waals surface area contributed by atoms with Crippen LogP contribution in [0.4, 0.5) is 0 Å². The predicted octanol–water partition coefficient (Wildman–Crippen LogP) is 3.52. The molecular formula is C20H19NO2. The van der Waals surface area contributed by atoms with Crippen molar-refractivity contribution in [3.8, 4) is 0 Å². The third-order valence-corrected chi connectivity index (χ3v) is 4.23. The molecule has 0 aliphatic carbocycles. The van der Waals surface area contributed by atoms with E-state index in [2.05, 4.69) is 24.3 Å². The quantitative estimate of drug-likeness (QED) is 0.793. The zero-order chi connectivity index (χ0) is 16.2. The summed E-state index contributed by atoms with van der Waals surface area (Å²) in [7, 11) is 0. The van der Waals surface area contributed by atoms with Gasteiger partial charge in [0.15, 0.2) is 0 Å².